The number of rotatable bonds is 9. The monoisotopic (exact) mass is 483 g/mol. The number of amides is 1. The number of sulfonamides is 1. The van der Waals surface area contributed by atoms with Crippen molar-refractivity contribution >= 4 is 21.6 Å². The van der Waals surface area contributed by atoms with E-state index in [-0.39, 0.29) is 16.6 Å². The van der Waals surface area contributed by atoms with Crippen LogP contribution in [0.4, 0.5) is 10.1 Å². The molecule has 0 radical (unpaired) electrons. The number of likely N-dealkylation sites (N-methyl/N-ethyl adjacent to an activating group) is 1. The number of aryl methyl sites for hydroxylation is 1. The van der Waals surface area contributed by atoms with E-state index >= 15 is 0 Å². The van der Waals surface area contributed by atoms with Crippen LogP contribution in [0.1, 0.15) is 21.5 Å². The van der Waals surface area contributed by atoms with Gasteiger partial charge in [0.2, 0.25) is 0 Å². The van der Waals surface area contributed by atoms with Crippen molar-refractivity contribution in [1.82, 2.24) is 9.80 Å². The predicted molar refractivity (Wildman–Crippen MR) is 133 cm³/mol. The summed E-state index contributed by atoms with van der Waals surface area (Å²) in [4.78, 5) is 17.2. The smallest absolute Gasteiger partial charge is 0.264 e. The highest BCUT2D eigenvalue weighted by Gasteiger charge is 2.22. The number of nitrogens with zero attached hydrogens (tertiary/aromatic N) is 3. The van der Waals surface area contributed by atoms with Gasteiger partial charge in [-0.1, -0.05) is 29.8 Å². The molecular formula is C26H30FN3O3S. The molecule has 0 aliphatic carbocycles. The molecule has 0 N–H and O–H groups in total. The summed E-state index contributed by atoms with van der Waals surface area (Å²) in [5.41, 5.74) is 2.71. The normalized spacial score (nSPS) is 11.5. The van der Waals surface area contributed by atoms with Crippen LogP contribution in [0.2, 0.25) is 0 Å². The van der Waals surface area contributed by atoms with Gasteiger partial charge in [0.05, 0.1) is 10.6 Å². The topological polar surface area (TPSA) is 60.9 Å². The van der Waals surface area contributed by atoms with Crippen molar-refractivity contribution in [2.45, 2.75) is 18.4 Å². The van der Waals surface area contributed by atoms with Gasteiger partial charge >= 0.3 is 0 Å². The van der Waals surface area contributed by atoms with Gasteiger partial charge in [-0.3, -0.25) is 9.10 Å². The first-order valence-corrected chi connectivity index (χ1v) is 12.4. The molecule has 0 unspecified atom stereocenters. The van der Waals surface area contributed by atoms with Gasteiger partial charge in [-0.15, -0.1) is 0 Å². The first-order valence-electron chi connectivity index (χ1n) is 10.9. The second-order valence-electron chi connectivity index (χ2n) is 8.49. The van der Waals surface area contributed by atoms with Gasteiger partial charge in [-0.2, -0.15) is 0 Å². The molecule has 0 aliphatic heterocycles. The third kappa shape index (κ3) is 6.21. The lowest BCUT2D eigenvalue weighted by molar-refractivity contribution is 0.0732. The Hall–Kier alpha value is -3.23. The Kier molecular flexibility index (Phi) is 8.06. The molecule has 0 bridgehead atoms. The quantitative estimate of drug-likeness (QED) is 0.459. The molecule has 0 spiro atoms. The molecule has 0 saturated heterocycles. The second-order valence-corrected chi connectivity index (χ2v) is 10.5. The van der Waals surface area contributed by atoms with Crippen molar-refractivity contribution in [3.05, 3.63) is 95.3 Å². The minimum Gasteiger partial charge on any atom is -0.333 e. The molecule has 0 heterocycles. The Balaban J connectivity index is 1.80. The number of carbonyl (C=O) groups excluding carboxylic acids is 1. The summed E-state index contributed by atoms with van der Waals surface area (Å²) >= 11 is 0. The Morgan fingerprint density at radius 2 is 1.41 bits per heavy atom. The lowest BCUT2D eigenvalue weighted by Gasteiger charge is -2.25. The molecule has 180 valence electrons. The van der Waals surface area contributed by atoms with E-state index in [1.807, 2.05) is 25.9 Å². The van der Waals surface area contributed by atoms with Crippen LogP contribution in [-0.4, -0.2) is 58.4 Å². The van der Waals surface area contributed by atoms with E-state index in [1.165, 1.54) is 23.5 Å². The van der Waals surface area contributed by atoms with Gasteiger partial charge in [-0.25, -0.2) is 12.8 Å². The summed E-state index contributed by atoms with van der Waals surface area (Å²) in [5.74, 6) is -0.503. The van der Waals surface area contributed by atoms with Crippen LogP contribution in [0, 0.1) is 12.7 Å². The van der Waals surface area contributed by atoms with E-state index in [9.17, 15) is 17.6 Å². The summed E-state index contributed by atoms with van der Waals surface area (Å²) in [5, 5.41) is 0. The highest BCUT2D eigenvalue weighted by Crippen LogP contribution is 2.23. The van der Waals surface area contributed by atoms with Crippen LogP contribution in [-0.2, 0) is 16.6 Å². The minimum atomic E-state index is -3.72. The van der Waals surface area contributed by atoms with E-state index in [0.717, 1.165) is 11.1 Å². The fraction of sp³-hybridized carbons (Fsp3) is 0.269. The zero-order chi connectivity index (χ0) is 24.9. The van der Waals surface area contributed by atoms with E-state index < -0.39 is 10.0 Å². The predicted octanol–water partition coefficient (Wildman–Crippen LogP) is 4.16. The fourth-order valence-corrected chi connectivity index (χ4v) is 4.58. The highest BCUT2D eigenvalue weighted by molar-refractivity contribution is 7.92. The average molecular weight is 484 g/mol. The molecule has 1 amide bonds. The van der Waals surface area contributed by atoms with E-state index in [1.54, 1.807) is 65.6 Å². The standard InChI is InChI=1S/C26H30FN3O3S/c1-20-5-15-25(16-6-20)34(32,33)29(4)24-13-9-22(10-14-24)26(31)30(18-17-28(2)3)19-21-7-11-23(27)12-8-21/h5-16H,17-19H2,1-4H3. The summed E-state index contributed by atoms with van der Waals surface area (Å²) in [6, 6.07) is 19.3. The van der Waals surface area contributed by atoms with Crippen molar-refractivity contribution in [3.8, 4) is 0 Å². The van der Waals surface area contributed by atoms with E-state index in [2.05, 4.69) is 0 Å². The molecule has 8 heteroatoms. The zero-order valence-corrected chi connectivity index (χ0v) is 20.7. The maximum absolute atomic E-state index is 13.3. The Morgan fingerprint density at radius 3 is 1.97 bits per heavy atom. The van der Waals surface area contributed by atoms with Gasteiger partial charge in [0.15, 0.2) is 0 Å². The largest absolute Gasteiger partial charge is 0.333 e. The molecule has 3 rings (SSSR count). The number of hydrogen-bond acceptors (Lipinski definition) is 4. The van der Waals surface area contributed by atoms with Crippen LogP contribution in [0.5, 0.6) is 0 Å². The average Bonchev–Trinajstić information content (AvgIpc) is 2.82. The van der Waals surface area contributed by atoms with E-state index in [0.29, 0.717) is 30.9 Å². The molecule has 0 aromatic heterocycles. The molecule has 3 aromatic carbocycles. The highest BCUT2D eigenvalue weighted by atomic mass is 32.2. The SMILES string of the molecule is Cc1ccc(S(=O)(=O)N(C)c2ccc(C(=O)N(CCN(C)C)Cc3ccc(F)cc3)cc2)cc1. The van der Waals surface area contributed by atoms with Gasteiger partial charge in [0, 0.05) is 32.2 Å². The van der Waals surface area contributed by atoms with Crippen LogP contribution >= 0.6 is 0 Å². The number of hydrogen-bond donors (Lipinski definition) is 0. The molecule has 0 aliphatic rings. The Labute approximate surface area is 201 Å². The zero-order valence-electron chi connectivity index (χ0n) is 19.9. The van der Waals surface area contributed by atoms with Gasteiger partial charge < -0.3 is 9.80 Å². The first-order chi connectivity index (χ1) is 16.1. The van der Waals surface area contributed by atoms with Crippen molar-refractivity contribution in [1.29, 1.82) is 0 Å². The van der Waals surface area contributed by atoms with Gasteiger partial charge in [0.25, 0.3) is 15.9 Å². The molecule has 34 heavy (non-hydrogen) atoms. The summed E-state index contributed by atoms with van der Waals surface area (Å²) in [7, 11) is 1.63. The Bertz CT molecular complexity index is 1210. The molecule has 0 fully saturated rings. The van der Waals surface area contributed by atoms with E-state index in [4.69, 9.17) is 0 Å². The minimum absolute atomic E-state index is 0.179. The molecule has 6 nitrogen and oxygen atoms in total. The van der Waals surface area contributed by atoms with Crippen LogP contribution in [0.3, 0.4) is 0 Å². The fourth-order valence-electron chi connectivity index (χ4n) is 3.39. The van der Waals surface area contributed by atoms with Crippen molar-refractivity contribution < 1.29 is 17.6 Å². The van der Waals surface area contributed by atoms with Crippen LogP contribution < -0.4 is 4.31 Å². The molecule has 0 saturated carbocycles. The molecule has 0 atom stereocenters. The van der Waals surface area contributed by atoms with Crippen molar-refractivity contribution in [2.75, 3.05) is 38.5 Å². The lowest BCUT2D eigenvalue weighted by atomic mass is 10.1. The maximum Gasteiger partial charge on any atom is 0.264 e. The van der Waals surface area contributed by atoms with Crippen LogP contribution in [0.15, 0.2) is 77.7 Å². The third-order valence-corrected chi connectivity index (χ3v) is 7.35. The maximum atomic E-state index is 13.3. The lowest BCUT2D eigenvalue weighted by Crippen LogP contribution is -2.36. The number of benzene rings is 3. The van der Waals surface area contributed by atoms with Crippen molar-refractivity contribution in [3.63, 3.8) is 0 Å². The van der Waals surface area contributed by atoms with Crippen molar-refractivity contribution in [2.24, 2.45) is 0 Å². The van der Waals surface area contributed by atoms with Crippen LogP contribution in [0.25, 0.3) is 0 Å². The first kappa shape index (κ1) is 25.4. The third-order valence-electron chi connectivity index (χ3n) is 5.55. The molecular weight excluding hydrogens is 453 g/mol. The number of anilines is 1. The van der Waals surface area contributed by atoms with Gasteiger partial charge in [-0.05, 0) is 75.1 Å². The number of halogens is 1. The molecule has 3 aromatic rings. The van der Waals surface area contributed by atoms with Gasteiger partial charge in [0.1, 0.15) is 5.82 Å². The number of carbonyl (C=O) groups is 1. The summed E-state index contributed by atoms with van der Waals surface area (Å²) in [6.45, 7) is 3.40. The second kappa shape index (κ2) is 10.8. The summed E-state index contributed by atoms with van der Waals surface area (Å²) < 4.78 is 40.4. The summed E-state index contributed by atoms with van der Waals surface area (Å²) in [6.07, 6.45) is 0. The Morgan fingerprint density at radius 1 is 0.824 bits per heavy atom.